The zero-order valence-electron chi connectivity index (χ0n) is 27.8. The summed E-state index contributed by atoms with van der Waals surface area (Å²) in [4.78, 5) is 13.4. The number of aromatic nitrogens is 1. The number of amides is 1. The normalized spacial score (nSPS) is 18.0. The van der Waals surface area contributed by atoms with Crippen molar-refractivity contribution < 1.29 is 31.1 Å². The molecule has 1 aromatic heterocycles. The van der Waals surface area contributed by atoms with Crippen molar-refractivity contribution in [2.24, 2.45) is 5.92 Å². The first-order valence-corrected chi connectivity index (χ1v) is 17.6. The standard InChI is InChI=1S/C34H50F3N3O4S/c1-23-27(31(41)38-26-15-17-44-18-16-26)20-29(39(23)21-24-11-9-8-10-12-24)25-13-14-30(28(19-25)32(2,3)4)45(42,43)40(33(5,6)7)22-34(35,36)37/h13-14,19-20,24,26H,8-12,15-18,21-22H2,1-7H3,(H,38,41). The van der Waals surface area contributed by atoms with Crippen molar-refractivity contribution in [3.63, 3.8) is 0 Å². The molecular formula is C34H50F3N3O4S. The van der Waals surface area contributed by atoms with Gasteiger partial charge in [-0.3, -0.25) is 4.79 Å². The zero-order chi connectivity index (χ0) is 33.4. The molecule has 0 bridgehead atoms. The van der Waals surface area contributed by atoms with Gasteiger partial charge in [-0.25, -0.2) is 8.42 Å². The molecule has 0 radical (unpaired) electrons. The van der Waals surface area contributed by atoms with Gasteiger partial charge in [-0.1, -0.05) is 46.1 Å². The molecule has 1 amide bonds. The van der Waals surface area contributed by atoms with Gasteiger partial charge in [0.1, 0.15) is 6.54 Å². The third-order valence-electron chi connectivity index (χ3n) is 9.06. The fourth-order valence-electron chi connectivity index (χ4n) is 6.55. The van der Waals surface area contributed by atoms with Gasteiger partial charge >= 0.3 is 6.18 Å². The van der Waals surface area contributed by atoms with Crippen molar-refractivity contribution in [3.05, 3.63) is 41.1 Å². The number of nitrogens with zero attached hydrogens (tertiary/aromatic N) is 2. The van der Waals surface area contributed by atoms with E-state index >= 15 is 0 Å². The van der Waals surface area contributed by atoms with Gasteiger partial charge in [0.15, 0.2) is 0 Å². The lowest BCUT2D eigenvalue weighted by molar-refractivity contribution is -0.142. The minimum absolute atomic E-state index is 0.0373. The van der Waals surface area contributed by atoms with E-state index in [9.17, 15) is 26.4 Å². The molecule has 1 aliphatic carbocycles. The van der Waals surface area contributed by atoms with Gasteiger partial charge < -0.3 is 14.6 Å². The van der Waals surface area contributed by atoms with E-state index < -0.39 is 33.7 Å². The van der Waals surface area contributed by atoms with Gasteiger partial charge in [0, 0.05) is 42.7 Å². The van der Waals surface area contributed by atoms with Crippen molar-refractivity contribution >= 4 is 15.9 Å². The molecule has 2 heterocycles. The van der Waals surface area contributed by atoms with E-state index in [1.165, 1.54) is 46.1 Å². The average molecular weight is 654 g/mol. The molecule has 1 N–H and O–H groups in total. The summed E-state index contributed by atoms with van der Waals surface area (Å²) in [5.41, 5.74) is 1.35. The zero-order valence-corrected chi connectivity index (χ0v) is 28.6. The van der Waals surface area contributed by atoms with E-state index in [1.807, 2.05) is 33.8 Å². The van der Waals surface area contributed by atoms with Crippen LogP contribution >= 0.6 is 0 Å². The molecule has 0 unspecified atom stereocenters. The number of hydrogen-bond donors (Lipinski definition) is 1. The second kappa shape index (κ2) is 13.4. The van der Waals surface area contributed by atoms with Gasteiger partial charge in [0.25, 0.3) is 5.91 Å². The van der Waals surface area contributed by atoms with Crippen LogP contribution in [0.2, 0.25) is 0 Å². The van der Waals surface area contributed by atoms with Gasteiger partial charge in [0.05, 0.1) is 10.5 Å². The highest BCUT2D eigenvalue weighted by Gasteiger charge is 2.44. The van der Waals surface area contributed by atoms with E-state index in [4.69, 9.17) is 4.74 Å². The minimum Gasteiger partial charge on any atom is -0.381 e. The molecule has 11 heteroatoms. The highest BCUT2D eigenvalue weighted by atomic mass is 32.2. The van der Waals surface area contributed by atoms with Crippen LogP contribution in [0, 0.1) is 12.8 Å². The average Bonchev–Trinajstić information content (AvgIpc) is 3.26. The Morgan fingerprint density at radius 3 is 2.16 bits per heavy atom. The maximum atomic E-state index is 14.0. The summed E-state index contributed by atoms with van der Waals surface area (Å²) < 4.78 is 77.1. The van der Waals surface area contributed by atoms with E-state index in [0.29, 0.717) is 34.6 Å². The summed E-state index contributed by atoms with van der Waals surface area (Å²) in [7, 11) is -4.54. The summed E-state index contributed by atoms with van der Waals surface area (Å²) in [5, 5.41) is 3.17. The maximum absolute atomic E-state index is 14.0. The molecule has 1 aliphatic heterocycles. The first kappa shape index (κ1) is 35.5. The molecule has 0 atom stereocenters. The number of carbonyl (C=O) groups is 1. The number of carbonyl (C=O) groups excluding carboxylic acids is 1. The number of benzene rings is 1. The number of alkyl halides is 3. The van der Waals surface area contributed by atoms with Crippen LogP contribution in [0.25, 0.3) is 11.3 Å². The van der Waals surface area contributed by atoms with Gasteiger partial charge in [-0.2, -0.15) is 17.5 Å². The van der Waals surface area contributed by atoms with E-state index in [-0.39, 0.29) is 16.8 Å². The lowest BCUT2D eigenvalue weighted by atomic mass is 9.85. The number of rotatable bonds is 8. The summed E-state index contributed by atoms with van der Waals surface area (Å²) in [5.74, 6) is 0.311. The summed E-state index contributed by atoms with van der Waals surface area (Å²) in [6.07, 6.45) is 2.57. The first-order chi connectivity index (χ1) is 20.8. The van der Waals surface area contributed by atoms with E-state index in [1.54, 1.807) is 12.1 Å². The smallest absolute Gasteiger partial charge is 0.381 e. The third-order valence-corrected chi connectivity index (χ3v) is 11.2. The lowest BCUT2D eigenvalue weighted by Crippen LogP contribution is -2.50. The van der Waals surface area contributed by atoms with Gasteiger partial charge in [0.2, 0.25) is 10.0 Å². The van der Waals surface area contributed by atoms with Crippen LogP contribution in [-0.4, -0.2) is 60.7 Å². The van der Waals surface area contributed by atoms with Crippen molar-refractivity contribution in [2.45, 2.75) is 128 Å². The highest BCUT2D eigenvalue weighted by Crippen LogP contribution is 2.39. The molecule has 45 heavy (non-hydrogen) atoms. The Labute approximate surface area is 266 Å². The second-order valence-electron chi connectivity index (χ2n) is 14.8. The number of hydrogen-bond acceptors (Lipinski definition) is 4. The predicted octanol–water partition coefficient (Wildman–Crippen LogP) is 7.60. The maximum Gasteiger partial charge on any atom is 0.402 e. The van der Waals surface area contributed by atoms with E-state index in [2.05, 4.69) is 9.88 Å². The Kier molecular flexibility index (Phi) is 10.6. The van der Waals surface area contributed by atoms with E-state index in [0.717, 1.165) is 49.2 Å². The van der Waals surface area contributed by atoms with Crippen LogP contribution in [0.5, 0.6) is 0 Å². The molecule has 7 nitrogen and oxygen atoms in total. The SMILES string of the molecule is Cc1c(C(=O)NC2CCOCC2)cc(-c2ccc(S(=O)(=O)N(CC(F)(F)F)C(C)(C)C)c(C(C)(C)C)c2)n1CC1CCCCC1. The number of nitrogens with one attached hydrogen (secondary N) is 1. The quantitative estimate of drug-likeness (QED) is 0.318. The molecule has 4 rings (SSSR count). The Balaban J connectivity index is 1.83. The number of halogens is 3. The molecule has 2 aromatic rings. The number of ether oxygens (including phenoxy) is 1. The van der Waals surface area contributed by atoms with Crippen molar-refractivity contribution in [2.75, 3.05) is 19.8 Å². The largest absolute Gasteiger partial charge is 0.402 e. The topological polar surface area (TPSA) is 80.6 Å². The highest BCUT2D eigenvalue weighted by molar-refractivity contribution is 7.89. The van der Waals surface area contributed by atoms with Crippen molar-refractivity contribution in [1.29, 1.82) is 0 Å². The summed E-state index contributed by atoms with van der Waals surface area (Å²) in [6, 6.07) is 6.81. The van der Waals surface area contributed by atoms with Crippen LogP contribution in [-0.2, 0) is 26.7 Å². The molecule has 1 aromatic carbocycles. The lowest BCUT2D eigenvalue weighted by Gasteiger charge is -2.36. The van der Waals surface area contributed by atoms with Crippen molar-refractivity contribution in [1.82, 2.24) is 14.2 Å². The Bertz CT molecular complexity index is 1460. The summed E-state index contributed by atoms with van der Waals surface area (Å²) in [6.45, 7) is 12.3. The first-order valence-electron chi connectivity index (χ1n) is 16.1. The van der Waals surface area contributed by atoms with Crippen LogP contribution in [0.4, 0.5) is 13.2 Å². The van der Waals surface area contributed by atoms with Crippen LogP contribution in [0.1, 0.15) is 108 Å². The Morgan fingerprint density at radius 1 is 0.978 bits per heavy atom. The minimum atomic E-state index is -4.71. The molecular weight excluding hydrogens is 603 g/mol. The van der Waals surface area contributed by atoms with Crippen LogP contribution in [0.15, 0.2) is 29.2 Å². The van der Waals surface area contributed by atoms with Crippen LogP contribution < -0.4 is 5.32 Å². The molecule has 252 valence electrons. The van der Waals surface area contributed by atoms with Gasteiger partial charge in [-0.05, 0) is 94.0 Å². The van der Waals surface area contributed by atoms with Crippen molar-refractivity contribution in [3.8, 4) is 11.3 Å². The Hall–Kier alpha value is -2.37. The fourth-order valence-corrected chi connectivity index (χ4v) is 8.70. The van der Waals surface area contributed by atoms with Crippen LogP contribution in [0.3, 0.4) is 0 Å². The third kappa shape index (κ3) is 8.51. The molecule has 0 spiro atoms. The molecule has 1 saturated heterocycles. The molecule has 2 aliphatic rings. The molecule has 2 fully saturated rings. The fraction of sp³-hybridized carbons (Fsp3) is 0.676. The monoisotopic (exact) mass is 653 g/mol. The number of sulfonamides is 1. The second-order valence-corrected chi connectivity index (χ2v) is 16.6. The predicted molar refractivity (Wildman–Crippen MR) is 171 cm³/mol. The van der Waals surface area contributed by atoms with Gasteiger partial charge in [-0.15, -0.1) is 0 Å². The molecule has 1 saturated carbocycles. The Morgan fingerprint density at radius 2 is 1.60 bits per heavy atom. The summed E-state index contributed by atoms with van der Waals surface area (Å²) >= 11 is 0.